The Morgan fingerprint density at radius 3 is 2.77 bits per heavy atom. The third-order valence-corrected chi connectivity index (χ3v) is 3.15. The average Bonchev–Trinajstić information content (AvgIpc) is 2.01. The first-order valence-corrected chi connectivity index (χ1v) is 4.82. The highest BCUT2D eigenvalue weighted by Crippen LogP contribution is 2.40. The molecule has 1 unspecified atom stereocenters. The SMILES string of the molecule is C1=CCN(C2OCC23CNC3)C=C1. The highest BCUT2D eigenvalue weighted by atomic mass is 16.5. The van der Waals surface area contributed by atoms with Crippen LogP contribution in [-0.4, -0.2) is 37.4 Å². The summed E-state index contributed by atoms with van der Waals surface area (Å²) in [4.78, 5) is 2.28. The molecule has 3 nitrogen and oxygen atoms in total. The lowest BCUT2D eigenvalue weighted by Gasteiger charge is -2.58. The van der Waals surface area contributed by atoms with Gasteiger partial charge < -0.3 is 15.0 Å². The van der Waals surface area contributed by atoms with Gasteiger partial charge in [0, 0.05) is 25.8 Å². The van der Waals surface area contributed by atoms with Crippen LogP contribution in [-0.2, 0) is 4.74 Å². The lowest BCUT2D eigenvalue weighted by atomic mass is 9.76. The Morgan fingerprint density at radius 2 is 2.31 bits per heavy atom. The minimum Gasteiger partial charge on any atom is -0.357 e. The minimum atomic E-state index is 0.315. The molecule has 1 spiro atoms. The van der Waals surface area contributed by atoms with Crippen molar-refractivity contribution in [1.29, 1.82) is 0 Å². The van der Waals surface area contributed by atoms with E-state index in [-0.39, 0.29) is 0 Å². The van der Waals surface area contributed by atoms with Gasteiger partial charge in [-0.05, 0) is 6.08 Å². The molecule has 70 valence electrons. The maximum atomic E-state index is 5.63. The number of rotatable bonds is 1. The first kappa shape index (κ1) is 7.59. The molecule has 3 heteroatoms. The van der Waals surface area contributed by atoms with E-state index in [1.54, 1.807) is 0 Å². The van der Waals surface area contributed by atoms with Crippen LogP contribution in [0.15, 0.2) is 24.4 Å². The van der Waals surface area contributed by atoms with Crippen LogP contribution >= 0.6 is 0 Å². The Kier molecular flexibility index (Phi) is 1.51. The summed E-state index contributed by atoms with van der Waals surface area (Å²) < 4.78 is 5.63. The van der Waals surface area contributed by atoms with Gasteiger partial charge in [0.1, 0.15) is 6.23 Å². The van der Waals surface area contributed by atoms with Crippen molar-refractivity contribution in [3.63, 3.8) is 0 Å². The van der Waals surface area contributed by atoms with Gasteiger partial charge in [0.05, 0.1) is 12.0 Å². The third kappa shape index (κ3) is 0.974. The largest absolute Gasteiger partial charge is 0.357 e. The number of ether oxygens (including phenoxy) is 1. The summed E-state index contributed by atoms with van der Waals surface area (Å²) in [5, 5.41) is 3.32. The maximum absolute atomic E-state index is 5.63. The van der Waals surface area contributed by atoms with Crippen molar-refractivity contribution in [2.45, 2.75) is 6.23 Å². The average molecular weight is 178 g/mol. The highest BCUT2D eigenvalue weighted by Gasteiger charge is 2.54. The molecule has 3 aliphatic heterocycles. The molecule has 0 amide bonds. The fraction of sp³-hybridized carbons (Fsp3) is 0.600. The second-order valence-electron chi connectivity index (χ2n) is 4.10. The molecule has 3 rings (SSSR count). The Labute approximate surface area is 78.1 Å². The van der Waals surface area contributed by atoms with E-state index in [9.17, 15) is 0 Å². The van der Waals surface area contributed by atoms with Gasteiger partial charge in [-0.3, -0.25) is 0 Å². The van der Waals surface area contributed by atoms with E-state index in [1.807, 2.05) is 0 Å². The second kappa shape index (κ2) is 2.59. The normalized spacial score (nSPS) is 34.5. The van der Waals surface area contributed by atoms with Crippen molar-refractivity contribution in [2.75, 3.05) is 26.2 Å². The van der Waals surface area contributed by atoms with Crippen LogP contribution in [0.4, 0.5) is 0 Å². The summed E-state index contributed by atoms with van der Waals surface area (Å²) in [7, 11) is 0. The molecular formula is C10H14N2O. The topological polar surface area (TPSA) is 24.5 Å². The molecule has 0 aromatic rings. The van der Waals surface area contributed by atoms with Crippen molar-refractivity contribution >= 4 is 0 Å². The first-order valence-electron chi connectivity index (χ1n) is 4.82. The third-order valence-electron chi connectivity index (χ3n) is 3.15. The number of hydrogen-bond donors (Lipinski definition) is 1. The Morgan fingerprint density at radius 1 is 1.38 bits per heavy atom. The molecule has 2 fully saturated rings. The zero-order valence-corrected chi connectivity index (χ0v) is 7.57. The van der Waals surface area contributed by atoms with Gasteiger partial charge in [-0.15, -0.1) is 0 Å². The maximum Gasteiger partial charge on any atom is 0.140 e. The zero-order chi connectivity index (χ0) is 8.73. The van der Waals surface area contributed by atoms with Crippen LogP contribution in [0.25, 0.3) is 0 Å². The molecule has 3 heterocycles. The van der Waals surface area contributed by atoms with Crippen LogP contribution < -0.4 is 5.32 Å². The molecule has 0 saturated carbocycles. The van der Waals surface area contributed by atoms with Crippen LogP contribution in [0.1, 0.15) is 0 Å². The summed E-state index contributed by atoms with van der Waals surface area (Å²) in [5.41, 5.74) is 0.426. The lowest BCUT2D eigenvalue weighted by Crippen LogP contribution is -2.73. The molecule has 0 aliphatic carbocycles. The Bertz CT molecular complexity index is 263. The molecule has 3 aliphatic rings. The van der Waals surface area contributed by atoms with E-state index in [2.05, 4.69) is 34.6 Å². The summed E-state index contributed by atoms with van der Waals surface area (Å²) in [6.07, 6.45) is 8.77. The second-order valence-corrected chi connectivity index (χ2v) is 4.10. The van der Waals surface area contributed by atoms with E-state index < -0.39 is 0 Å². The standard InChI is InChI=1S/C10H14N2O/c1-2-4-12(5-3-1)9-10(8-13-9)6-11-7-10/h1-4,9,11H,5-8H2. The van der Waals surface area contributed by atoms with Crippen LogP contribution in [0.5, 0.6) is 0 Å². The van der Waals surface area contributed by atoms with Gasteiger partial charge >= 0.3 is 0 Å². The van der Waals surface area contributed by atoms with Gasteiger partial charge in [0.15, 0.2) is 0 Å². The summed E-state index contributed by atoms with van der Waals surface area (Å²) in [5.74, 6) is 0. The van der Waals surface area contributed by atoms with E-state index in [1.165, 1.54) is 0 Å². The monoisotopic (exact) mass is 178 g/mol. The van der Waals surface area contributed by atoms with Crippen LogP contribution in [0.2, 0.25) is 0 Å². The Hall–Kier alpha value is -0.800. The molecule has 0 radical (unpaired) electrons. The van der Waals surface area contributed by atoms with Gasteiger partial charge in [-0.25, -0.2) is 0 Å². The molecule has 0 aromatic heterocycles. The fourth-order valence-electron chi connectivity index (χ4n) is 2.22. The van der Waals surface area contributed by atoms with E-state index >= 15 is 0 Å². The predicted octanol–water partition coefficient (Wildman–Crippen LogP) is 0.318. The van der Waals surface area contributed by atoms with Crippen LogP contribution in [0, 0.1) is 5.41 Å². The molecule has 2 saturated heterocycles. The Balaban J connectivity index is 1.72. The summed E-state index contributed by atoms with van der Waals surface area (Å²) in [6.45, 7) is 4.15. The van der Waals surface area contributed by atoms with Crippen molar-refractivity contribution in [2.24, 2.45) is 5.41 Å². The van der Waals surface area contributed by atoms with E-state index in [0.29, 0.717) is 11.6 Å². The summed E-state index contributed by atoms with van der Waals surface area (Å²) in [6, 6.07) is 0. The van der Waals surface area contributed by atoms with Crippen molar-refractivity contribution in [3.05, 3.63) is 24.4 Å². The van der Waals surface area contributed by atoms with Gasteiger partial charge in [-0.1, -0.05) is 12.2 Å². The lowest BCUT2D eigenvalue weighted by molar-refractivity contribution is -0.258. The van der Waals surface area contributed by atoms with Crippen LogP contribution in [0.3, 0.4) is 0 Å². The van der Waals surface area contributed by atoms with Gasteiger partial charge in [0.25, 0.3) is 0 Å². The summed E-state index contributed by atoms with van der Waals surface area (Å²) >= 11 is 0. The van der Waals surface area contributed by atoms with Crippen molar-refractivity contribution in [1.82, 2.24) is 10.2 Å². The number of allylic oxidation sites excluding steroid dienone is 2. The van der Waals surface area contributed by atoms with E-state index in [0.717, 1.165) is 26.2 Å². The molecule has 1 atom stereocenters. The first-order chi connectivity index (χ1) is 6.41. The molecule has 0 aromatic carbocycles. The number of nitrogens with zero attached hydrogens (tertiary/aromatic N) is 1. The van der Waals surface area contributed by atoms with Crippen molar-refractivity contribution in [3.8, 4) is 0 Å². The quantitative estimate of drug-likeness (QED) is 0.625. The molecular weight excluding hydrogens is 164 g/mol. The molecule has 13 heavy (non-hydrogen) atoms. The molecule has 0 bridgehead atoms. The predicted molar refractivity (Wildman–Crippen MR) is 50.0 cm³/mol. The number of hydrogen-bond acceptors (Lipinski definition) is 3. The highest BCUT2D eigenvalue weighted by molar-refractivity contribution is 5.13. The fourth-order valence-corrected chi connectivity index (χ4v) is 2.22. The van der Waals surface area contributed by atoms with Gasteiger partial charge in [-0.2, -0.15) is 0 Å². The van der Waals surface area contributed by atoms with E-state index in [4.69, 9.17) is 4.74 Å². The van der Waals surface area contributed by atoms with Gasteiger partial charge in [0.2, 0.25) is 0 Å². The zero-order valence-electron chi connectivity index (χ0n) is 7.57. The number of nitrogens with one attached hydrogen (secondary N) is 1. The molecule has 1 N–H and O–H groups in total. The smallest absolute Gasteiger partial charge is 0.140 e. The minimum absolute atomic E-state index is 0.315. The van der Waals surface area contributed by atoms with Crippen molar-refractivity contribution < 1.29 is 4.74 Å².